The van der Waals surface area contributed by atoms with Gasteiger partial charge in [0.05, 0.1) is 7.11 Å². The van der Waals surface area contributed by atoms with E-state index in [0.29, 0.717) is 18.5 Å². The summed E-state index contributed by atoms with van der Waals surface area (Å²) < 4.78 is 5.41. The molecular weight excluding hydrogens is 400 g/mol. The lowest BCUT2D eigenvalue weighted by molar-refractivity contribution is -0.126. The first-order valence-electron chi connectivity index (χ1n) is 10.9. The fraction of sp³-hybridized carbons (Fsp3) is 0.259. The van der Waals surface area contributed by atoms with E-state index < -0.39 is 5.54 Å². The molecule has 3 aromatic carbocycles. The molecule has 1 aliphatic heterocycles. The summed E-state index contributed by atoms with van der Waals surface area (Å²) in [5, 5.41) is 3.04. The third-order valence-electron chi connectivity index (χ3n) is 6.20. The Morgan fingerprint density at radius 1 is 1.03 bits per heavy atom. The average molecular weight is 429 g/mol. The minimum Gasteiger partial charge on any atom is -0.496 e. The highest BCUT2D eigenvalue weighted by Gasteiger charge is 2.47. The topological polar surface area (TPSA) is 58.6 Å². The zero-order valence-electron chi connectivity index (χ0n) is 18.7. The van der Waals surface area contributed by atoms with Gasteiger partial charge in [0.2, 0.25) is 5.91 Å². The van der Waals surface area contributed by atoms with Gasteiger partial charge in [0.25, 0.3) is 5.91 Å². The number of hydrogen-bond donors (Lipinski definition) is 1. The third kappa shape index (κ3) is 3.86. The number of nitrogens with zero attached hydrogens (tertiary/aromatic N) is 1. The van der Waals surface area contributed by atoms with Gasteiger partial charge in [-0.15, -0.1) is 0 Å². The van der Waals surface area contributed by atoms with Gasteiger partial charge in [-0.25, -0.2) is 0 Å². The summed E-state index contributed by atoms with van der Waals surface area (Å²) in [5.74, 6) is 0.354. The van der Waals surface area contributed by atoms with E-state index in [4.69, 9.17) is 4.74 Å². The molecule has 3 aromatic rings. The molecule has 0 spiro atoms. The molecule has 5 heteroatoms. The second-order valence-corrected chi connectivity index (χ2v) is 8.26. The van der Waals surface area contributed by atoms with Crippen molar-refractivity contribution in [2.45, 2.75) is 38.8 Å². The van der Waals surface area contributed by atoms with E-state index in [1.54, 1.807) is 12.0 Å². The van der Waals surface area contributed by atoms with E-state index in [-0.39, 0.29) is 11.8 Å². The van der Waals surface area contributed by atoms with Crippen LogP contribution in [0.4, 0.5) is 5.69 Å². The Kier molecular flexibility index (Phi) is 5.99. The summed E-state index contributed by atoms with van der Waals surface area (Å²) >= 11 is 0. The molecule has 1 heterocycles. The number of amides is 2. The van der Waals surface area contributed by atoms with Crippen LogP contribution in [0.1, 0.15) is 40.9 Å². The number of methoxy groups -OCH3 is 1. The van der Waals surface area contributed by atoms with Crippen LogP contribution in [0.5, 0.6) is 5.75 Å². The van der Waals surface area contributed by atoms with Crippen LogP contribution < -0.4 is 15.0 Å². The molecule has 0 radical (unpaired) electrons. The maximum Gasteiger partial charge on any atom is 0.259 e. The quantitative estimate of drug-likeness (QED) is 0.627. The van der Waals surface area contributed by atoms with Crippen LogP contribution in [0.25, 0.3) is 0 Å². The number of hydrogen-bond acceptors (Lipinski definition) is 3. The van der Waals surface area contributed by atoms with Gasteiger partial charge in [0.1, 0.15) is 11.3 Å². The van der Waals surface area contributed by atoms with Crippen LogP contribution in [0.3, 0.4) is 0 Å². The molecular formula is C27H28N2O3. The van der Waals surface area contributed by atoms with E-state index in [2.05, 4.69) is 12.2 Å². The van der Waals surface area contributed by atoms with Crippen LogP contribution in [0, 0.1) is 0 Å². The first kappa shape index (κ1) is 21.6. The summed E-state index contributed by atoms with van der Waals surface area (Å²) in [5.41, 5.74) is 3.24. The molecule has 5 nitrogen and oxygen atoms in total. The van der Waals surface area contributed by atoms with E-state index in [1.165, 1.54) is 5.56 Å². The molecule has 4 rings (SSSR count). The number of ether oxygens (including phenoxy) is 1. The molecule has 0 aromatic heterocycles. The van der Waals surface area contributed by atoms with E-state index in [9.17, 15) is 9.59 Å². The zero-order chi connectivity index (χ0) is 22.7. The Bertz CT molecular complexity index is 1140. The molecule has 2 amide bonds. The van der Waals surface area contributed by atoms with Gasteiger partial charge in [0, 0.05) is 29.8 Å². The summed E-state index contributed by atoms with van der Waals surface area (Å²) in [6.07, 6.45) is 1.34. The van der Waals surface area contributed by atoms with Gasteiger partial charge < -0.3 is 10.1 Å². The number of nitrogens with one attached hydrogen (secondary N) is 1. The van der Waals surface area contributed by atoms with Gasteiger partial charge in [-0.1, -0.05) is 55.5 Å². The second-order valence-electron chi connectivity index (χ2n) is 8.26. The highest BCUT2D eigenvalue weighted by Crippen LogP contribution is 2.36. The van der Waals surface area contributed by atoms with Gasteiger partial charge in [-0.05, 0) is 48.7 Å². The van der Waals surface area contributed by atoms with Crippen LogP contribution >= 0.6 is 0 Å². The number of carbonyl (C=O) groups excluding carboxylic acids is 2. The number of fused-ring (bicyclic) bond motifs is 1. The Balaban J connectivity index is 1.70. The van der Waals surface area contributed by atoms with E-state index in [0.717, 1.165) is 29.0 Å². The van der Waals surface area contributed by atoms with Crippen molar-refractivity contribution in [2.24, 2.45) is 0 Å². The number of rotatable bonds is 6. The predicted octanol–water partition coefficient (Wildman–Crippen LogP) is 4.54. The Morgan fingerprint density at radius 2 is 1.72 bits per heavy atom. The lowest BCUT2D eigenvalue weighted by Crippen LogP contribution is -2.63. The van der Waals surface area contributed by atoms with Crippen LogP contribution in [0.2, 0.25) is 0 Å². The largest absolute Gasteiger partial charge is 0.496 e. The minimum absolute atomic E-state index is 0.161. The fourth-order valence-electron chi connectivity index (χ4n) is 4.36. The molecule has 0 bridgehead atoms. The Morgan fingerprint density at radius 3 is 2.44 bits per heavy atom. The summed E-state index contributed by atoms with van der Waals surface area (Å²) in [6.45, 7) is 4.25. The smallest absolute Gasteiger partial charge is 0.259 e. The molecule has 0 saturated carbocycles. The zero-order valence-corrected chi connectivity index (χ0v) is 18.7. The van der Waals surface area contributed by atoms with Gasteiger partial charge >= 0.3 is 0 Å². The van der Waals surface area contributed by atoms with Crippen molar-refractivity contribution in [1.82, 2.24) is 5.32 Å². The molecule has 32 heavy (non-hydrogen) atoms. The lowest BCUT2D eigenvalue weighted by Gasteiger charge is -2.44. The Labute approximate surface area is 189 Å². The van der Waals surface area contributed by atoms with Crippen LogP contribution in [-0.2, 0) is 24.2 Å². The fourth-order valence-corrected chi connectivity index (χ4v) is 4.36. The molecule has 1 N–H and O–H groups in total. The van der Waals surface area contributed by atoms with Gasteiger partial charge in [0.15, 0.2) is 0 Å². The number of anilines is 1. The van der Waals surface area contributed by atoms with Crippen molar-refractivity contribution in [2.75, 3.05) is 12.0 Å². The molecule has 0 fully saturated rings. The minimum atomic E-state index is -1.07. The second kappa shape index (κ2) is 8.87. The van der Waals surface area contributed by atoms with Gasteiger partial charge in [-0.2, -0.15) is 0 Å². The first-order chi connectivity index (χ1) is 15.5. The first-order valence-corrected chi connectivity index (χ1v) is 10.9. The normalized spacial score (nSPS) is 17.6. The monoisotopic (exact) mass is 428 g/mol. The number of aryl methyl sites for hydroxylation is 1. The van der Waals surface area contributed by atoms with Crippen molar-refractivity contribution in [3.8, 4) is 5.75 Å². The lowest BCUT2D eigenvalue weighted by atomic mass is 9.82. The van der Waals surface area contributed by atoms with E-state index >= 15 is 0 Å². The SMILES string of the molecule is CCc1ccc(N2C(=O)c3ccccc3C[C@@]2(C)C(=O)NCc2ccccc2OC)cc1. The summed E-state index contributed by atoms with van der Waals surface area (Å²) in [4.78, 5) is 28.8. The van der Waals surface area contributed by atoms with Crippen molar-refractivity contribution >= 4 is 17.5 Å². The standard InChI is InChI=1S/C27H28N2O3/c1-4-19-13-15-22(16-14-19)29-25(30)23-11-7-5-9-20(23)17-27(29,2)26(31)28-18-21-10-6-8-12-24(21)32-3/h5-16H,4,17-18H2,1-3H3,(H,28,31)/t27-/m0/s1. The van der Waals surface area contributed by atoms with E-state index in [1.807, 2.05) is 79.7 Å². The molecule has 0 aliphatic carbocycles. The highest BCUT2D eigenvalue weighted by molar-refractivity contribution is 6.14. The van der Waals surface area contributed by atoms with Crippen molar-refractivity contribution in [3.63, 3.8) is 0 Å². The number of para-hydroxylation sites is 1. The van der Waals surface area contributed by atoms with Crippen molar-refractivity contribution < 1.29 is 14.3 Å². The van der Waals surface area contributed by atoms with Crippen molar-refractivity contribution in [3.05, 3.63) is 95.1 Å². The molecule has 164 valence electrons. The predicted molar refractivity (Wildman–Crippen MR) is 126 cm³/mol. The summed E-state index contributed by atoms with van der Waals surface area (Å²) in [7, 11) is 1.61. The maximum atomic E-state index is 13.6. The highest BCUT2D eigenvalue weighted by atomic mass is 16.5. The maximum absolute atomic E-state index is 13.6. The number of benzene rings is 3. The Hall–Kier alpha value is -3.60. The third-order valence-corrected chi connectivity index (χ3v) is 6.20. The van der Waals surface area contributed by atoms with Crippen LogP contribution in [0.15, 0.2) is 72.8 Å². The molecule has 1 aliphatic rings. The van der Waals surface area contributed by atoms with Crippen LogP contribution in [-0.4, -0.2) is 24.5 Å². The average Bonchev–Trinajstić information content (AvgIpc) is 2.83. The summed E-state index contributed by atoms with van der Waals surface area (Å²) in [6, 6.07) is 23.0. The van der Waals surface area contributed by atoms with Gasteiger partial charge in [-0.3, -0.25) is 14.5 Å². The molecule has 1 atom stereocenters. The number of carbonyl (C=O) groups is 2. The molecule has 0 saturated heterocycles. The van der Waals surface area contributed by atoms with Crippen molar-refractivity contribution in [1.29, 1.82) is 0 Å². The molecule has 0 unspecified atom stereocenters.